The number of likely N-dealkylation sites (N-methyl/N-ethyl adjacent to an activating group) is 1. The maximum absolute atomic E-state index is 12.3. The Morgan fingerprint density at radius 2 is 1.79 bits per heavy atom. The topological polar surface area (TPSA) is 83.6 Å². The number of amides is 1. The molecule has 104 valence electrons. The summed E-state index contributed by atoms with van der Waals surface area (Å²) in [6.45, 7) is 5.60. The molecule has 0 radical (unpaired) electrons. The summed E-state index contributed by atoms with van der Waals surface area (Å²) in [5.41, 5.74) is 5.96. The van der Waals surface area contributed by atoms with Crippen molar-refractivity contribution in [2.75, 3.05) is 11.9 Å². The van der Waals surface area contributed by atoms with Crippen LogP contribution in [0.3, 0.4) is 0 Å². The first kappa shape index (κ1) is 15.2. The van der Waals surface area contributed by atoms with Gasteiger partial charge < -0.3 is 15.7 Å². The van der Waals surface area contributed by atoms with Gasteiger partial charge in [-0.15, -0.1) is 0 Å². The van der Waals surface area contributed by atoms with E-state index < -0.39 is 12.0 Å². The molecule has 0 heterocycles. The Morgan fingerprint density at radius 1 is 1.26 bits per heavy atom. The standard InChI is InChI=1S/C14H20N2O3/c1-14(2,3)11(15)12(17)16(4)10-8-6-5-7-9(10)13(18)19/h5-8,11H,15H2,1-4H3,(H,18,19)/t11-/m1/s1. The summed E-state index contributed by atoms with van der Waals surface area (Å²) in [6.07, 6.45) is 0. The number of hydrogen-bond acceptors (Lipinski definition) is 3. The number of nitrogens with two attached hydrogens (primary N) is 1. The van der Waals surface area contributed by atoms with Gasteiger partial charge in [0.1, 0.15) is 0 Å². The minimum atomic E-state index is -1.07. The summed E-state index contributed by atoms with van der Waals surface area (Å²) in [7, 11) is 1.54. The van der Waals surface area contributed by atoms with E-state index in [1.807, 2.05) is 20.8 Å². The summed E-state index contributed by atoms with van der Waals surface area (Å²) in [5, 5.41) is 9.13. The van der Waals surface area contributed by atoms with Crippen molar-refractivity contribution in [1.29, 1.82) is 0 Å². The number of anilines is 1. The van der Waals surface area contributed by atoms with Crippen molar-refractivity contribution in [1.82, 2.24) is 0 Å². The van der Waals surface area contributed by atoms with Gasteiger partial charge in [-0.2, -0.15) is 0 Å². The lowest BCUT2D eigenvalue weighted by atomic mass is 9.86. The fourth-order valence-corrected chi connectivity index (χ4v) is 1.64. The first-order valence-corrected chi connectivity index (χ1v) is 6.01. The maximum Gasteiger partial charge on any atom is 0.337 e. The van der Waals surface area contributed by atoms with E-state index in [2.05, 4.69) is 0 Å². The molecule has 0 fully saturated rings. The first-order chi connectivity index (χ1) is 8.66. The Bertz CT molecular complexity index is 492. The summed E-state index contributed by atoms with van der Waals surface area (Å²) in [4.78, 5) is 24.7. The highest BCUT2D eigenvalue weighted by atomic mass is 16.4. The normalized spacial score (nSPS) is 12.9. The van der Waals surface area contributed by atoms with Crippen LogP contribution in [-0.4, -0.2) is 30.1 Å². The molecule has 0 bridgehead atoms. The highest BCUT2D eigenvalue weighted by Crippen LogP contribution is 2.24. The molecule has 1 rings (SSSR count). The second kappa shape index (κ2) is 5.40. The van der Waals surface area contributed by atoms with Crippen LogP contribution in [0.15, 0.2) is 24.3 Å². The van der Waals surface area contributed by atoms with Crippen molar-refractivity contribution in [3.05, 3.63) is 29.8 Å². The van der Waals surface area contributed by atoms with E-state index in [0.717, 1.165) is 0 Å². The predicted molar refractivity (Wildman–Crippen MR) is 74.2 cm³/mol. The second-order valence-corrected chi connectivity index (χ2v) is 5.56. The van der Waals surface area contributed by atoms with E-state index in [1.54, 1.807) is 18.2 Å². The van der Waals surface area contributed by atoms with E-state index in [0.29, 0.717) is 5.69 Å². The lowest BCUT2D eigenvalue weighted by Gasteiger charge is -2.30. The third-order valence-corrected chi connectivity index (χ3v) is 3.03. The fraction of sp³-hybridized carbons (Fsp3) is 0.429. The molecule has 0 aliphatic rings. The van der Waals surface area contributed by atoms with Gasteiger partial charge in [-0.05, 0) is 17.5 Å². The molecule has 1 amide bonds. The molecule has 19 heavy (non-hydrogen) atoms. The van der Waals surface area contributed by atoms with Crippen molar-refractivity contribution in [2.24, 2.45) is 11.1 Å². The molecule has 1 atom stereocenters. The van der Waals surface area contributed by atoms with Crippen molar-refractivity contribution >= 4 is 17.6 Å². The Morgan fingerprint density at radius 3 is 2.26 bits per heavy atom. The summed E-state index contributed by atoms with van der Waals surface area (Å²) < 4.78 is 0. The minimum absolute atomic E-state index is 0.0828. The Kier molecular flexibility index (Phi) is 4.32. The zero-order valence-corrected chi connectivity index (χ0v) is 11.7. The lowest BCUT2D eigenvalue weighted by Crippen LogP contribution is -2.49. The molecular formula is C14H20N2O3. The van der Waals surface area contributed by atoms with Gasteiger partial charge in [0, 0.05) is 7.05 Å². The van der Waals surface area contributed by atoms with Crippen LogP contribution in [-0.2, 0) is 4.79 Å². The molecule has 1 aromatic rings. The molecule has 0 spiro atoms. The quantitative estimate of drug-likeness (QED) is 0.870. The maximum atomic E-state index is 12.3. The Labute approximate surface area is 113 Å². The number of hydrogen-bond donors (Lipinski definition) is 2. The van der Waals surface area contributed by atoms with E-state index in [4.69, 9.17) is 10.8 Å². The van der Waals surface area contributed by atoms with Gasteiger partial charge in [0.2, 0.25) is 5.91 Å². The molecule has 3 N–H and O–H groups in total. The van der Waals surface area contributed by atoms with E-state index in [9.17, 15) is 9.59 Å². The number of carbonyl (C=O) groups excluding carboxylic acids is 1. The summed E-state index contributed by atoms with van der Waals surface area (Å²) in [6, 6.07) is 5.67. The molecule has 0 saturated carbocycles. The van der Waals surface area contributed by atoms with Gasteiger partial charge in [-0.1, -0.05) is 32.9 Å². The van der Waals surface area contributed by atoms with Crippen molar-refractivity contribution in [3.63, 3.8) is 0 Å². The molecule has 1 aromatic carbocycles. The molecule has 5 nitrogen and oxygen atoms in total. The van der Waals surface area contributed by atoms with Crippen LogP contribution in [0.2, 0.25) is 0 Å². The number of para-hydroxylation sites is 1. The zero-order valence-electron chi connectivity index (χ0n) is 11.7. The van der Waals surface area contributed by atoms with Crippen molar-refractivity contribution in [2.45, 2.75) is 26.8 Å². The van der Waals surface area contributed by atoms with Gasteiger partial charge >= 0.3 is 5.97 Å². The molecule has 5 heteroatoms. The monoisotopic (exact) mass is 264 g/mol. The number of carboxylic acid groups (broad SMARTS) is 1. The summed E-state index contributed by atoms with van der Waals surface area (Å²) in [5.74, 6) is -1.37. The average Bonchev–Trinajstić information content (AvgIpc) is 2.34. The second-order valence-electron chi connectivity index (χ2n) is 5.56. The van der Waals surface area contributed by atoms with E-state index >= 15 is 0 Å². The van der Waals surface area contributed by atoms with Crippen LogP contribution >= 0.6 is 0 Å². The van der Waals surface area contributed by atoms with Gasteiger partial charge in [-0.25, -0.2) is 4.79 Å². The number of aromatic carboxylic acids is 1. The van der Waals surface area contributed by atoms with Gasteiger partial charge in [0.05, 0.1) is 17.3 Å². The van der Waals surface area contributed by atoms with Crippen molar-refractivity contribution < 1.29 is 14.7 Å². The number of carboxylic acids is 1. The number of rotatable bonds is 3. The SMILES string of the molecule is CN(C(=O)[C@@H](N)C(C)(C)C)c1ccccc1C(=O)O. The predicted octanol–water partition coefficient (Wildman–Crippen LogP) is 1.72. The van der Waals surface area contributed by atoms with E-state index in [-0.39, 0.29) is 16.9 Å². The smallest absolute Gasteiger partial charge is 0.337 e. The van der Waals surface area contributed by atoms with E-state index in [1.165, 1.54) is 18.0 Å². The molecule has 0 saturated heterocycles. The summed E-state index contributed by atoms with van der Waals surface area (Å²) >= 11 is 0. The van der Waals surface area contributed by atoms with Gasteiger partial charge in [0.15, 0.2) is 0 Å². The highest BCUT2D eigenvalue weighted by molar-refractivity contribution is 6.03. The van der Waals surface area contributed by atoms with Crippen LogP contribution in [0, 0.1) is 5.41 Å². The number of nitrogens with zero attached hydrogens (tertiary/aromatic N) is 1. The van der Waals surface area contributed by atoms with Crippen molar-refractivity contribution in [3.8, 4) is 0 Å². The number of carbonyl (C=O) groups is 2. The number of benzene rings is 1. The molecule has 0 aliphatic carbocycles. The van der Waals surface area contributed by atoms with Crippen LogP contribution < -0.4 is 10.6 Å². The average molecular weight is 264 g/mol. The Hall–Kier alpha value is -1.88. The van der Waals surface area contributed by atoms with Gasteiger partial charge in [0.25, 0.3) is 0 Å². The fourth-order valence-electron chi connectivity index (χ4n) is 1.64. The molecule has 0 unspecified atom stereocenters. The first-order valence-electron chi connectivity index (χ1n) is 6.01. The third kappa shape index (κ3) is 3.32. The van der Waals surface area contributed by atoms with Crippen LogP contribution in [0.25, 0.3) is 0 Å². The third-order valence-electron chi connectivity index (χ3n) is 3.03. The Balaban J connectivity index is 3.11. The largest absolute Gasteiger partial charge is 0.478 e. The molecular weight excluding hydrogens is 244 g/mol. The van der Waals surface area contributed by atoms with Crippen LogP contribution in [0.4, 0.5) is 5.69 Å². The minimum Gasteiger partial charge on any atom is -0.478 e. The molecule has 0 aromatic heterocycles. The van der Waals surface area contributed by atoms with Gasteiger partial charge in [-0.3, -0.25) is 4.79 Å². The molecule has 0 aliphatic heterocycles. The lowest BCUT2D eigenvalue weighted by molar-refractivity contribution is -0.121. The zero-order chi connectivity index (χ0) is 14.8. The van der Waals surface area contributed by atoms with Crippen LogP contribution in [0.1, 0.15) is 31.1 Å². The highest BCUT2D eigenvalue weighted by Gasteiger charge is 2.31. The van der Waals surface area contributed by atoms with Crippen LogP contribution in [0.5, 0.6) is 0 Å².